The molecule has 6 fully saturated rings. The van der Waals surface area contributed by atoms with Crippen LogP contribution >= 0.6 is 11.8 Å². The van der Waals surface area contributed by atoms with Crippen molar-refractivity contribution in [1.82, 2.24) is 4.90 Å². The molecule has 7 heterocycles. The van der Waals surface area contributed by atoms with E-state index in [1.165, 1.54) is 128 Å². The number of benzene rings is 2. The Kier molecular flexibility index (Phi) is 11.1. The number of rotatable bonds is 3. The molecule has 81 heavy (non-hydrogen) atoms. The lowest BCUT2D eigenvalue weighted by Crippen LogP contribution is -2.66. The average Bonchev–Trinajstić information content (AvgIpc) is 4.15. The number of thioether (sulfide) groups is 1. The highest BCUT2D eigenvalue weighted by atomic mass is 32.2. The van der Waals surface area contributed by atoms with Crippen molar-refractivity contribution in [2.24, 2.45) is 39.4 Å². The van der Waals surface area contributed by atoms with Crippen LogP contribution in [0, 0.1) is 39.4 Å². The largest absolute Gasteiger partial charge is 0.370 e. The molecule has 2 aromatic carbocycles. The summed E-state index contributed by atoms with van der Waals surface area (Å²) in [5.74, 6) is 2.18. The second-order valence-corrected chi connectivity index (χ2v) is 33.4. The van der Waals surface area contributed by atoms with Crippen molar-refractivity contribution < 1.29 is 4.74 Å². The number of para-hydroxylation sites is 1. The minimum atomic E-state index is -0.0103. The van der Waals surface area contributed by atoms with Crippen molar-refractivity contribution in [1.29, 1.82) is 0 Å². The lowest BCUT2D eigenvalue weighted by molar-refractivity contribution is 0.0110. The number of nitrogens with zero attached hydrogens (tertiary/aromatic N) is 4. The van der Waals surface area contributed by atoms with Gasteiger partial charge in [-0.2, -0.15) is 0 Å². The average molecular weight is 1100 g/mol. The standard InChI is InChI=1S/C74H95BN4OS/c1-69(2,3)44-29-33-55-51(39-44)71(7)35-15-17-37-73(71,9)78(55)46-31-32-53-58(41-46)76(57-25-20-27-62-65(57)48-21-11-13-26-61(48)80-62)59-42-47(79-56-34-30-45(70(4,5)6)40-52(56)72(8)36-16-18-38-74(72,79)10)43-60-66(59)75(53)54-24-19-23-50-64-49-22-12-14-28-63(49)81-68(64)77(60)67(50)54/h19,21,23-24,28,31-32,39-40,42-43,49,51,55,57-58,61-62,64-65,68H,11-18,20,22,25-27,29-30,33-38,41H2,1-10H3. The Morgan fingerprint density at radius 1 is 0.716 bits per heavy atom. The van der Waals surface area contributed by atoms with E-state index in [0.29, 0.717) is 53.3 Å². The van der Waals surface area contributed by atoms with Crippen LogP contribution in [0.5, 0.6) is 0 Å². The quantitative estimate of drug-likeness (QED) is 0.224. The van der Waals surface area contributed by atoms with E-state index >= 15 is 0 Å². The molecule has 5 nitrogen and oxygen atoms in total. The third kappa shape index (κ3) is 6.75. The predicted octanol–water partition coefficient (Wildman–Crippen LogP) is 17.2. The van der Waals surface area contributed by atoms with E-state index in [4.69, 9.17) is 4.74 Å². The highest BCUT2D eigenvalue weighted by Crippen LogP contribution is 2.69. The summed E-state index contributed by atoms with van der Waals surface area (Å²) < 4.78 is 7.36. The fraction of sp³-hybridized carbons (Fsp3) is 0.649. The van der Waals surface area contributed by atoms with Gasteiger partial charge in [-0.05, 0) is 196 Å². The second-order valence-electron chi connectivity index (χ2n) is 32.2. The first-order chi connectivity index (χ1) is 38.9. The summed E-state index contributed by atoms with van der Waals surface area (Å²) in [6.45, 7) is 26.0. The smallest absolute Gasteiger partial charge is 0.247 e. The van der Waals surface area contributed by atoms with Gasteiger partial charge in [-0.15, -0.1) is 11.8 Å². The van der Waals surface area contributed by atoms with Crippen molar-refractivity contribution >= 4 is 52.1 Å². The molecule has 14 unspecified atom stereocenters. The second kappa shape index (κ2) is 17.4. The molecular formula is C74H95BN4OS. The molecule has 3 saturated carbocycles. The molecule has 7 heteroatoms. The van der Waals surface area contributed by atoms with E-state index in [2.05, 4.69) is 167 Å². The summed E-state index contributed by atoms with van der Waals surface area (Å²) >= 11 is 2.26. The van der Waals surface area contributed by atoms with Crippen LogP contribution in [0.2, 0.25) is 0 Å². The molecule has 426 valence electrons. The fourth-order valence-electron chi connectivity index (χ4n) is 22.4. The van der Waals surface area contributed by atoms with Crippen LogP contribution in [-0.4, -0.2) is 58.4 Å². The number of hydrogen-bond acceptors (Lipinski definition) is 6. The van der Waals surface area contributed by atoms with Crippen molar-refractivity contribution in [2.45, 2.75) is 263 Å². The van der Waals surface area contributed by atoms with Gasteiger partial charge in [0.2, 0.25) is 6.71 Å². The van der Waals surface area contributed by atoms with E-state index in [0.717, 1.165) is 19.3 Å². The number of anilines is 4. The van der Waals surface area contributed by atoms with Crippen molar-refractivity contribution in [3.8, 4) is 0 Å². The highest BCUT2D eigenvalue weighted by Gasteiger charge is 2.66. The Bertz CT molecular complexity index is 3300. The topological polar surface area (TPSA) is 22.2 Å². The van der Waals surface area contributed by atoms with Gasteiger partial charge in [0, 0.05) is 87.4 Å². The monoisotopic (exact) mass is 1100 g/mol. The van der Waals surface area contributed by atoms with Gasteiger partial charge in [-0.25, -0.2) is 0 Å². The summed E-state index contributed by atoms with van der Waals surface area (Å²) in [5, 5.41) is 0.386. The molecule has 0 amide bonds. The maximum atomic E-state index is 7.36. The Labute approximate surface area is 492 Å². The first-order valence-corrected chi connectivity index (χ1v) is 34.6. The van der Waals surface area contributed by atoms with E-state index < -0.39 is 0 Å². The van der Waals surface area contributed by atoms with Crippen LogP contribution in [0.1, 0.15) is 222 Å². The lowest BCUT2D eigenvalue weighted by atomic mass is 9.31. The summed E-state index contributed by atoms with van der Waals surface area (Å²) in [5.41, 5.74) is 23.6. The molecule has 0 aromatic heterocycles. The molecule has 7 aliphatic heterocycles. The molecule has 14 atom stereocenters. The Hall–Kier alpha value is -3.81. The SMILES string of the molecule is CC(C)(C)C1=CC2=C(CC1)N(c1cc3c4c(c1)N(C1CCCC5OC6CCCC=C6C51)C1CC(N5C6CCC(C(C)(C)C)=CC6C6(C)CCCCC56C)=CC=C1B4c1cccc4c1N3C1SC3=CCCCC3C41)C1(C)CCCCC21C. The minimum Gasteiger partial charge on any atom is -0.370 e. The summed E-state index contributed by atoms with van der Waals surface area (Å²) in [6, 6.07) is 14.7. The van der Waals surface area contributed by atoms with Crippen molar-refractivity contribution in [2.75, 3.05) is 14.7 Å². The number of likely N-dealkylation sites (tertiary alicyclic amines) is 1. The molecule has 8 aliphatic carbocycles. The zero-order valence-corrected chi connectivity index (χ0v) is 52.2. The zero-order valence-electron chi connectivity index (χ0n) is 51.4. The molecule has 2 aromatic rings. The first-order valence-electron chi connectivity index (χ1n) is 33.7. The van der Waals surface area contributed by atoms with Gasteiger partial charge in [0.15, 0.2) is 0 Å². The third-order valence-electron chi connectivity index (χ3n) is 26.7. The van der Waals surface area contributed by atoms with Crippen LogP contribution in [0.3, 0.4) is 0 Å². The maximum Gasteiger partial charge on any atom is 0.247 e. The molecular weight excluding hydrogens is 1000 g/mol. The number of ether oxygens (including phenoxy) is 1. The molecule has 0 bridgehead atoms. The number of allylic oxidation sites excluding steroid dienone is 9. The van der Waals surface area contributed by atoms with Crippen LogP contribution in [-0.2, 0) is 4.74 Å². The molecule has 0 N–H and O–H groups in total. The van der Waals surface area contributed by atoms with Gasteiger partial charge in [0.05, 0.1) is 23.1 Å². The predicted molar refractivity (Wildman–Crippen MR) is 340 cm³/mol. The van der Waals surface area contributed by atoms with Crippen molar-refractivity contribution in [3.05, 3.63) is 116 Å². The lowest BCUT2D eigenvalue weighted by Gasteiger charge is -2.57. The van der Waals surface area contributed by atoms with E-state index in [-0.39, 0.29) is 45.5 Å². The van der Waals surface area contributed by atoms with Crippen LogP contribution in [0.25, 0.3) is 0 Å². The fourth-order valence-corrected chi connectivity index (χ4v) is 24.2. The van der Waals surface area contributed by atoms with Crippen LogP contribution in [0.15, 0.2) is 111 Å². The van der Waals surface area contributed by atoms with Crippen LogP contribution in [0.4, 0.5) is 22.7 Å². The summed E-state index contributed by atoms with van der Waals surface area (Å²) in [4.78, 5) is 14.2. The maximum absolute atomic E-state index is 7.36. The molecule has 15 aliphatic rings. The van der Waals surface area contributed by atoms with E-state index in [1.54, 1.807) is 77.6 Å². The zero-order chi connectivity index (χ0) is 55.1. The van der Waals surface area contributed by atoms with Gasteiger partial charge >= 0.3 is 0 Å². The third-order valence-corrected chi connectivity index (χ3v) is 28.2. The van der Waals surface area contributed by atoms with Crippen LogP contribution < -0.4 is 25.6 Å². The Morgan fingerprint density at radius 2 is 1.49 bits per heavy atom. The number of fused-ring (bicyclic) bond motifs is 17. The van der Waals surface area contributed by atoms with Crippen molar-refractivity contribution in [3.63, 3.8) is 0 Å². The van der Waals surface area contributed by atoms with Gasteiger partial charge in [-0.3, -0.25) is 0 Å². The first kappa shape index (κ1) is 51.6. The Morgan fingerprint density at radius 3 is 2.33 bits per heavy atom. The van der Waals surface area contributed by atoms with Gasteiger partial charge in [-0.1, -0.05) is 146 Å². The molecule has 0 spiro atoms. The van der Waals surface area contributed by atoms with E-state index in [1.807, 2.05) is 0 Å². The molecule has 3 saturated heterocycles. The highest BCUT2D eigenvalue weighted by molar-refractivity contribution is 8.04. The number of hydrogen-bond donors (Lipinski definition) is 0. The molecule has 17 rings (SSSR count). The van der Waals surface area contributed by atoms with E-state index in [9.17, 15) is 0 Å². The minimum absolute atomic E-state index is 0.0103. The van der Waals surface area contributed by atoms with Gasteiger partial charge < -0.3 is 24.3 Å². The normalized spacial score (nSPS) is 40.5. The Balaban J connectivity index is 0.914. The summed E-state index contributed by atoms with van der Waals surface area (Å²) in [6.07, 6.45) is 44.8. The molecule has 0 radical (unpaired) electrons. The summed E-state index contributed by atoms with van der Waals surface area (Å²) in [7, 11) is 0. The van der Waals surface area contributed by atoms with Gasteiger partial charge in [0.25, 0.3) is 0 Å². The van der Waals surface area contributed by atoms with Gasteiger partial charge in [0.1, 0.15) is 0 Å².